The van der Waals surface area contributed by atoms with Crippen molar-refractivity contribution in [2.45, 2.75) is 18.1 Å². The van der Waals surface area contributed by atoms with E-state index in [1.54, 1.807) is 29.0 Å². The predicted molar refractivity (Wildman–Crippen MR) is 138 cm³/mol. The number of carbonyl (C=O) groups excluding carboxylic acids is 1. The van der Waals surface area contributed by atoms with E-state index in [-0.39, 0.29) is 17.3 Å². The largest absolute Gasteiger partial charge is 0.301 e. The van der Waals surface area contributed by atoms with Crippen LogP contribution in [-0.4, -0.2) is 36.3 Å². The summed E-state index contributed by atoms with van der Waals surface area (Å²) in [5.74, 6) is 0.318. The van der Waals surface area contributed by atoms with Gasteiger partial charge in [0.1, 0.15) is 0 Å². The minimum Gasteiger partial charge on any atom is -0.301 e. The molecule has 0 fully saturated rings. The molecule has 4 aromatic rings. The van der Waals surface area contributed by atoms with E-state index in [9.17, 15) is 14.9 Å². The lowest BCUT2D eigenvalue weighted by Gasteiger charge is -2.07. The number of halogens is 1. The van der Waals surface area contributed by atoms with Gasteiger partial charge in [-0.15, -0.1) is 28.1 Å². The number of hydrogen-bond donors (Lipinski definition) is 1. The van der Waals surface area contributed by atoms with Gasteiger partial charge in [0.15, 0.2) is 16.1 Å². The molecule has 2 heterocycles. The first kappa shape index (κ1) is 24.6. The quantitative estimate of drug-likeness (QED) is 0.126. The van der Waals surface area contributed by atoms with E-state index in [1.165, 1.54) is 35.2 Å². The second-order valence-electron chi connectivity index (χ2n) is 7.29. The molecule has 2 aromatic heterocycles. The molecule has 2 aromatic carbocycles. The number of nitrogens with one attached hydrogen (secondary N) is 1. The SMILES string of the molecule is C=CCn1c(SCC(=O)Nc2ncc(Cc3cccc(Cl)c3)s2)nnc1-c1cccc([N+](=O)[O-])c1. The van der Waals surface area contributed by atoms with Crippen LogP contribution in [0.25, 0.3) is 11.4 Å². The van der Waals surface area contributed by atoms with Gasteiger partial charge in [-0.1, -0.05) is 53.7 Å². The number of aromatic nitrogens is 4. The Morgan fingerprint density at radius 3 is 2.86 bits per heavy atom. The average Bonchev–Trinajstić information content (AvgIpc) is 3.44. The van der Waals surface area contributed by atoms with Crippen molar-refractivity contribution >= 4 is 51.4 Å². The maximum absolute atomic E-state index is 12.5. The molecule has 0 aliphatic heterocycles. The van der Waals surface area contributed by atoms with Crippen molar-refractivity contribution in [1.29, 1.82) is 0 Å². The highest BCUT2D eigenvalue weighted by molar-refractivity contribution is 7.99. The van der Waals surface area contributed by atoms with E-state index in [1.807, 2.05) is 24.3 Å². The molecule has 0 atom stereocenters. The number of rotatable bonds is 10. The number of thiazole rings is 1. The fourth-order valence-electron chi connectivity index (χ4n) is 3.24. The third-order valence-electron chi connectivity index (χ3n) is 4.74. The molecule has 12 heteroatoms. The first-order valence-electron chi connectivity index (χ1n) is 10.3. The van der Waals surface area contributed by atoms with Crippen molar-refractivity contribution in [3.63, 3.8) is 0 Å². The van der Waals surface area contributed by atoms with Gasteiger partial charge in [-0.25, -0.2) is 4.98 Å². The van der Waals surface area contributed by atoms with E-state index in [2.05, 4.69) is 27.1 Å². The van der Waals surface area contributed by atoms with E-state index < -0.39 is 4.92 Å². The van der Waals surface area contributed by atoms with Gasteiger partial charge in [0, 0.05) is 46.8 Å². The van der Waals surface area contributed by atoms with Crippen LogP contribution in [0.5, 0.6) is 0 Å². The lowest BCUT2D eigenvalue weighted by atomic mass is 10.1. The summed E-state index contributed by atoms with van der Waals surface area (Å²) in [6, 6.07) is 13.8. The molecular weight excluding hydrogens is 508 g/mol. The summed E-state index contributed by atoms with van der Waals surface area (Å²) >= 11 is 8.65. The van der Waals surface area contributed by atoms with Gasteiger partial charge in [-0.3, -0.25) is 19.5 Å². The summed E-state index contributed by atoms with van der Waals surface area (Å²) in [6.07, 6.45) is 4.08. The maximum atomic E-state index is 12.5. The van der Waals surface area contributed by atoms with Crippen molar-refractivity contribution in [3.8, 4) is 11.4 Å². The van der Waals surface area contributed by atoms with Crippen LogP contribution in [-0.2, 0) is 17.8 Å². The molecule has 9 nitrogen and oxygen atoms in total. The van der Waals surface area contributed by atoms with Crippen LogP contribution in [0.1, 0.15) is 10.4 Å². The number of nitro benzene ring substituents is 1. The number of anilines is 1. The maximum Gasteiger partial charge on any atom is 0.270 e. The standard InChI is InChI=1S/C23H19ClN6O3S2/c1-2-9-29-21(16-6-4-8-18(12-16)30(32)33)27-28-23(29)34-14-20(31)26-22-25-13-19(35-22)11-15-5-3-7-17(24)10-15/h2-8,10,12-13H,1,9,11,14H2,(H,25,26,31). The first-order valence-corrected chi connectivity index (χ1v) is 12.5. The molecular formula is C23H19ClN6O3S2. The number of carbonyl (C=O) groups is 1. The van der Waals surface area contributed by atoms with Gasteiger partial charge >= 0.3 is 0 Å². The van der Waals surface area contributed by atoms with Crippen molar-refractivity contribution in [2.24, 2.45) is 0 Å². The van der Waals surface area contributed by atoms with Crippen LogP contribution in [0.4, 0.5) is 10.8 Å². The number of allylic oxidation sites excluding steroid dienone is 1. The Labute approximate surface area is 214 Å². The highest BCUT2D eigenvalue weighted by Gasteiger charge is 2.17. The molecule has 178 valence electrons. The Balaban J connectivity index is 1.40. The Hall–Kier alpha value is -3.54. The van der Waals surface area contributed by atoms with Crippen LogP contribution < -0.4 is 5.32 Å². The molecule has 4 rings (SSSR count). The lowest BCUT2D eigenvalue weighted by molar-refractivity contribution is -0.384. The first-order chi connectivity index (χ1) is 16.9. The molecule has 35 heavy (non-hydrogen) atoms. The summed E-state index contributed by atoms with van der Waals surface area (Å²) in [6.45, 7) is 4.14. The molecule has 0 unspecified atom stereocenters. The molecule has 0 radical (unpaired) electrons. The van der Waals surface area contributed by atoms with Gasteiger partial charge in [0.2, 0.25) is 5.91 Å². The smallest absolute Gasteiger partial charge is 0.270 e. The Morgan fingerprint density at radius 2 is 2.09 bits per heavy atom. The minimum atomic E-state index is -0.462. The topological polar surface area (TPSA) is 116 Å². The number of hydrogen-bond acceptors (Lipinski definition) is 8. The van der Waals surface area contributed by atoms with Crippen LogP contribution in [0.3, 0.4) is 0 Å². The van der Waals surface area contributed by atoms with Gasteiger partial charge in [-0.05, 0) is 17.7 Å². The van der Waals surface area contributed by atoms with Gasteiger partial charge in [-0.2, -0.15) is 0 Å². The summed E-state index contributed by atoms with van der Waals surface area (Å²) in [4.78, 5) is 28.5. The summed E-state index contributed by atoms with van der Waals surface area (Å²) in [5, 5.41) is 24.0. The van der Waals surface area contributed by atoms with Gasteiger partial charge in [0.05, 0.1) is 10.7 Å². The Bertz CT molecular complexity index is 1390. The van der Waals surface area contributed by atoms with Crippen LogP contribution in [0.2, 0.25) is 5.02 Å². The molecule has 1 amide bonds. The fourth-order valence-corrected chi connectivity index (χ4v) is 5.07. The Kier molecular flexibility index (Phi) is 7.91. The number of nitro groups is 1. The van der Waals surface area contributed by atoms with Gasteiger partial charge < -0.3 is 5.32 Å². The third-order valence-corrected chi connectivity index (χ3v) is 6.86. The van der Waals surface area contributed by atoms with E-state index in [0.717, 1.165) is 10.4 Å². The molecule has 0 spiro atoms. The second-order valence-corrected chi connectivity index (χ2v) is 9.78. The normalized spacial score (nSPS) is 10.8. The molecule has 1 N–H and O–H groups in total. The Morgan fingerprint density at radius 1 is 1.26 bits per heavy atom. The van der Waals surface area contributed by atoms with Crippen LogP contribution >= 0.6 is 34.7 Å². The van der Waals surface area contributed by atoms with Crippen molar-refractivity contribution in [1.82, 2.24) is 19.7 Å². The lowest BCUT2D eigenvalue weighted by Crippen LogP contribution is -2.14. The predicted octanol–water partition coefficient (Wildman–Crippen LogP) is 5.47. The van der Waals surface area contributed by atoms with Crippen molar-refractivity contribution in [2.75, 3.05) is 11.1 Å². The summed E-state index contributed by atoms with van der Waals surface area (Å²) < 4.78 is 1.76. The highest BCUT2D eigenvalue weighted by atomic mass is 35.5. The van der Waals surface area contributed by atoms with Crippen molar-refractivity contribution < 1.29 is 9.72 Å². The van der Waals surface area contributed by atoms with E-state index >= 15 is 0 Å². The number of non-ortho nitro benzene ring substituents is 1. The molecule has 0 aliphatic carbocycles. The van der Waals surface area contributed by atoms with E-state index in [0.29, 0.717) is 39.7 Å². The molecule has 0 saturated carbocycles. The molecule has 0 aliphatic rings. The number of thioether (sulfide) groups is 1. The molecule has 0 saturated heterocycles. The zero-order valence-electron chi connectivity index (χ0n) is 18.3. The number of nitrogens with zero attached hydrogens (tertiary/aromatic N) is 5. The fraction of sp³-hybridized carbons (Fsp3) is 0.130. The van der Waals surface area contributed by atoms with Crippen LogP contribution in [0.15, 0.2) is 72.5 Å². The highest BCUT2D eigenvalue weighted by Crippen LogP contribution is 2.27. The zero-order chi connectivity index (χ0) is 24.8. The summed E-state index contributed by atoms with van der Waals surface area (Å²) in [5.41, 5.74) is 1.58. The summed E-state index contributed by atoms with van der Waals surface area (Å²) in [7, 11) is 0. The minimum absolute atomic E-state index is 0.0394. The monoisotopic (exact) mass is 526 g/mol. The van der Waals surface area contributed by atoms with E-state index in [4.69, 9.17) is 11.6 Å². The zero-order valence-corrected chi connectivity index (χ0v) is 20.6. The second kappa shape index (κ2) is 11.3. The van der Waals surface area contributed by atoms with Crippen molar-refractivity contribution in [3.05, 3.63) is 93.0 Å². The van der Waals surface area contributed by atoms with Crippen LogP contribution in [0, 0.1) is 10.1 Å². The van der Waals surface area contributed by atoms with Gasteiger partial charge in [0.25, 0.3) is 5.69 Å². The average molecular weight is 527 g/mol. The number of benzene rings is 2. The molecule has 0 bridgehead atoms. The third kappa shape index (κ3) is 6.32. The number of amides is 1.